The zero-order valence-electron chi connectivity index (χ0n) is 11.0. The van der Waals surface area contributed by atoms with Crippen molar-refractivity contribution in [1.29, 1.82) is 0 Å². The number of nitrogens with one attached hydrogen (secondary N) is 1. The van der Waals surface area contributed by atoms with E-state index in [9.17, 15) is 14.7 Å². The number of rotatable bonds is 6. The molecule has 2 fully saturated rings. The molecule has 3 atom stereocenters. The average molecular weight is 270 g/mol. The summed E-state index contributed by atoms with van der Waals surface area (Å²) < 4.78 is 0. The van der Waals surface area contributed by atoms with Gasteiger partial charge in [-0.25, -0.2) is 0 Å². The number of aliphatic hydroxyl groups is 1. The van der Waals surface area contributed by atoms with Crippen molar-refractivity contribution in [2.45, 2.75) is 31.8 Å². The number of fused-ring (bicyclic) bond motifs is 1. The maximum atomic E-state index is 11.7. The van der Waals surface area contributed by atoms with E-state index in [4.69, 9.17) is 5.11 Å². The van der Waals surface area contributed by atoms with E-state index in [1.807, 2.05) is 0 Å². The molecule has 1 amide bonds. The van der Waals surface area contributed by atoms with Gasteiger partial charge in [-0.05, 0) is 25.2 Å². The summed E-state index contributed by atoms with van der Waals surface area (Å²) >= 11 is 0. The third-order valence-electron chi connectivity index (χ3n) is 4.15. The lowest BCUT2D eigenvalue weighted by Crippen LogP contribution is -2.37. The van der Waals surface area contributed by atoms with E-state index in [-0.39, 0.29) is 18.4 Å². The summed E-state index contributed by atoms with van der Waals surface area (Å²) in [5, 5.41) is 21.0. The second kappa shape index (κ2) is 6.34. The smallest absolute Gasteiger partial charge is 0.303 e. The molecule has 1 heterocycles. The van der Waals surface area contributed by atoms with Gasteiger partial charge in [-0.2, -0.15) is 0 Å². The Hall–Kier alpha value is -1.14. The van der Waals surface area contributed by atoms with Gasteiger partial charge < -0.3 is 15.5 Å². The van der Waals surface area contributed by atoms with E-state index in [2.05, 4.69) is 10.2 Å². The Kier molecular flexibility index (Phi) is 4.76. The van der Waals surface area contributed by atoms with E-state index in [0.29, 0.717) is 31.3 Å². The minimum Gasteiger partial charge on any atom is -0.481 e. The number of likely N-dealkylation sites (tertiary alicyclic amines) is 1. The first-order valence-electron chi connectivity index (χ1n) is 6.95. The molecule has 6 nitrogen and oxygen atoms in total. The molecule has 0 aromatic carbocycles. The molecule has 0 spiro atoms. The Bertz CT molecular complexity index is 348. The van der Waals surface area contributed by atoms with E-state index >= 15 is 0 Å². The molecule has 2 rings (SSSR count). The molecular formula is C13H22N2O4. The van der Waals surface area contributed by atoms with Crippen LogP contribution in [0.4, 0.5) is 0 Å². The molecule has 0 aromatic heterocycles. The lowest BCUT2D eigenvalue weighted by molar-refractivity contribution is -0.137. The molecule has 2 aliphatic rings. The zero-order chi connectivity index (χ0) is 13.8. The van der Waals surface area contributed by atoms with Crippen molar-refractivity contribution >= 4 is 11.9 Å². The third-order valence-corrected chi connectivity index (χ3v) is 4.15. The molecule has 3 unspecified atom stereocenters. The van der Waals surface area contributed by atoms with Gasteiger partial charge in [0.15, 0.2) is 0 Å². The van der Waals surface area contributed by atoms with Crippen LogP contribution in [0.1, 0.15) is 25.7 Å². The first-order chi connectivity index (χ1) is 9.06. The summed E-state index contributed by atoms with van der Waals surface area (Å²) in [5.74, 6) is -0.0231. The lowest BCUT2D eigenvalue weighted by atomic mass is 10.00. The third kappa shape index (κ3) is 3.91. The lowest BCUT2D eigenvalue weighted by Gasteiger charge is -2.17. The Morgan fingerprint density at radius 1 is 1.26 bits per heavy atom. The van der Waals surface area contributed by atoms with Crippen LogP contribution < -0.4 is 5.32 Å². The highest BCUT2D eigenvalue weighted by Gasteiger charge is 2.41. The van der Waals surface area contributed by atoms with Crippen LogP contribution in [0.3, 0.4) is 0 Å². The molecular weight excluding hydrogens is 248 g/mol. The fourth-order valence-corrected chi connectivity index (χ4v) is 3.18. The van der Waals surface area contributed by atoms with Crippen LogP contribution in [0.15, 0.2) is 0 Å². The number of carboxylic acids is 1. The summed E-state index contributed by atoms with van der Waals surface area (Å²) in [6.45, 7) is 2.46. The Labute approximate surface area is 112 Å². The molecule has 19 heavy (non-hydrogen) atoms. The number of carbonyl (C=O) groups excluding carboxylic acids is 1. The largest absolute Gasteiger partial charge is 0.481 e. The van der Waals surface area contributed by atoms with Crippen molar-refractivity contribution in [2.75, 3.05) is 26.2 Å². The Morgan fingerprint density at radius 2 is 2.05 bits per heavy atom. The highest BCUT2D eigenvalue weighted by molar-refractivity contribution is 5.78. The quantitative estimate of drug-likeness (QED) is 0.575. The van der Waals surface area contributed by atoms with Crippen molar-refractivity contribution in [1.82, 2.24) is 10.2 Å². The molecule has 1 saturated heterocycles. The molecule has 108 valence electrons. The number of hydrogen-bond donors (Lipinski definition) is 3. The highest BCUT2D eigenvalue weighted by atomic mass is 16.4. The average Bonchev–Trinajstić information content (AvgIpc) is 2.87. The minimum atomic E-state index is -0.837. The van der Waals surface area contributed by atoms with Crippen LogP contribution >= 0.6 is 0 Å². The van der Waals surface area contributed by atoms with Crippen molar-refractivity contribution in [3.05, 3.63) is 0 Å². The second-order valence-corrected chi connectivity index (χ2v) is 5.61. The van der Waals surface area contributed by atoms with Crippen LogP contribution in [0.2, 0.25) is 0 Å². The molecule has 1 aliphatic heterocycles. The number of carbonyl (C=O) groups is 2. The molecule has 6 heteroatoms. The van der Waals surface area contributed by atoms with Gasteiger partial charge in [0, 0.05) is 32.0 Å². The predicted octanol–water partition coefficient (Wildman–Crippen LogP) is -0.330. The SMILES string of the molecule is O=C(O)CCCNC(=O)CN1CC2CCC(O)C2C1. The van der Waals surface area contributed by atoms with Gasteiger partial charge in [-0.15, -0.1) is 0 Å². The number of carboxylic acid groups (broad SMARTS) is 1. The normalized spacial score (nSPS) is 30.3. The van der Waals surface area contributed by atoms with E-state index in [1.165, 1.54) is 0 Å². The van der Waals surface area contributed by atoms with Crippen LogP contribution in [0.25, 0.3) is 0 Å². The fraction of sp³-hybridized carbons (Fsp3) is 0.846. The molecule has 0 aromatic rings. The van der Waals surface area contributed by atoms with E-state index in [0.717, 1.165) is 25.9 Å². The molecule has 1 aliphatic carbocycles. The zero-order valence-corrected chi connectivity index (χ0v) is 11.0. The van der Waals surface area contributed by atoms with Crippen molar-refractivity contribution in [3.8, 4) is 0 Å². The van der Waals surface area contributed by atoms with Crippen molar-refractivity contribution in [3.63, 3.8) is 0 Å². The number of aliphatic hydroxyl groups excluding tert-OH is 1. The minimum absolute atomic E-state index is 0.0557. The first kappa shape index (κ1) is 14.3. The molecule has 0 radical (unpaired) electrons. The number of aliphatic carboxylic acids is 1. The Balaban J connectivity index is 1.63. The van der Waals surface area contributed by atoms with Gasteiger partial charge in [0.25, 0.3) is 0 Å². The number of nitrogens with zero attached hydrogens (tertiary/aromatic N) is 1. The summed E-state index contributed by atoms with van der Waals surface area (Å²) in [5.41, 5.74) is 0. The maximum Gasteiger partial charge on any atom is 0.303 e. The van der Waals surface area contributed by atoms with Gasteiger partial charge in [0.1, 0.15) is 0 Å². The van der Waals surface area contributed by atoms with Gasteiger partial charge >= 0.3 is 5.97 Å². The number of amides is 1. The first-order valence-corrected chi connectivity index (χ1v) is 6.95. The topological polar surface area (TPSA) is 89.9 Å². The second-order valence-electron chi connectivity index (χ2n) is 5.61. The van der Waals surface area contributed by atoms with Gasteiger partial charge in [-0.3, -0.25) is 14.5 Å². The molecule has 1 saturated carbocycles. The standard InChI is InChI=1S/C13H22N2O4/c16-11-4-3-9-6-15(7-10(9)11)8-12(17)14-5-1-2-13(18)19/h9-11,16H,1-8H2,(H,14,17)(H,18,19). The summed E-state index contributed by atoms with van der Waals surface area (Å²) in [7, 11) is 0. The predicted molar refractivity (Wildman–Crippen MR) is 68.5 cm³/mol. The van der Waals surface area contributed by atoms with Gasteiger partial charge in [-0.1, -0.05) is 0 Å². The van der Waals surface area contributed by atoms with Crippen molar-refractivity contribution in [2.24, 2.45) is 11.8 Å². The van der Waals surface area contributed by atoms with Crippen LogP contribution in [-0.2, 0) is 9.59 Å². The highest BCUT2D eigenvalue weighted by Crippen LogP contribution is 2.37. The van der Waals surface area contributed by atoms with E-state index in [1.54, 1.807) is 0 Å². The summed E-state index contributed by atoms with van der Waals surface area (Å²) in [6.07, 6.45) is 2.30. The molecule has 3 N–H and O–H groups in total. The van der Waals surface area contributed by atoms with Gasteiger partial charge in [0.05, 0.1) is 12.6 Å². The van der Waals surface area contributed by atoms with E-state index < -0.39 is 5.97 Å². The molecule has 0 bridgehead atoms. The number of hydrogen-bond acceptors (Lipinski definition) is 4. The van der Waals surface area contributed by atoms with Crippen molar-refractivity contribution < 1.29 is 19.8 Å². The monoisotopic (exact) mass is 270 g/mol. The van der Waals surface area contributed by atoms with Gasteiger partial charge in [0.2, 0.25) is 5.91 Å². The maximum absolute atomic E-state index is 11.7. The summed E-state index contributed by atoms with van der Waals surface area (Å²) in [4.78, 5) is 24.1. The van der Waals surface area contributed by atoms with Crippen LogP contribution in [-0.4, -0.2) is 59.3 Å². The van der Waals surface area contributed by atoms with Crippen LogP contribution in [0.5, 0.6) is 0 Å². The summed E-state index contributed by atoms with van der Waals surface area (Å²) in [6, 6.07) is 0. The fourth-order valence-electron chi connectivity index (χ4n) is 3.18. The Morgan fingerprint density at radius 3 is 2.74 bits per heavy atom. The van der Waals surface area contributed by atoms with Crippen LogP contribution in [0, 0.1) is 11.8 Å².